The number of aliphatic hydroxyl groups is 1. The first-order chi connectivity index (χ1) is 13.6. The number of nitrogens with zero attached hydrogens (tertiary/aromatic N) is 1. The quantitative estimate of drug-likeness (QED) is 0.676. The summed E-state index contributed by atoms with van der Waals surface area (Å²) in [5.74, 6) is 1.20. The second-order valence-corrected chi connectivity index (χ2v) is 7.10. The highest BCUT2D eigenvalue weighted by atomic mass is 19.1. The highest BCUT2D eigenvalue weighted by Crippen LogP contribution is 2.18. The lowest BCUT2D eigenvalue weighted by Gasteiger charge is -2.27. The Morgan fingerprint density at radius 2 is 1.86 bits per heavy atom. The largest absolute Gasteiger partial charge is 0.497 e. The summed E-state index contributed by atoms with van der Waals surface area (Å²) in [5.41, 5.74) is 1.00. The first kappa shape index (κ1) is 20.6. The smallest absolute Gasteiger partial charge is 0.123 e. The van der Waals surface area contributed by atoms with Crippen molar-refractivity contribution in [1.29, 1.82) is 0 Å². The average Bonchev–Trinajstić information content (AvgIpc) is 3.21. The van der Waals surface area contributed by atoms with E-state index >= 15 is 0 Å². The third-order valence-electron chi connectivity index (χ3n) is 4.78. The molecule has 1 heterocycles. The SMILES string of the molecule is COc1ccc(OCC(O)CN(Cc2ccc(F)cc2)CC2CCCO2)cc1. The summed E-state index contributed by atoms with van der Waals surface area (Å²) in [5, 5.41) is 10.5. The van der Waals surface area contributed by atoms with Crippen molar-refractivity contribution >= 4 is 0 Å². The van der Waals surface area contributed by atoms with Gasteiger partial charge in [0.2, 0.25) is 0 Å². The lowest BCUT2D eigenvalue weighted by atomic mass is 10.1. The molecule has 0 spiro atoms. The standard InChI is InChI=1S/C22H28FNO4/c1-26-20-8-10-21(11-9-20)28-16-19(25)14-24(15-22-3-2-12-27-22)13-17-4-6-18(23)7-5-17/h4-11,19,22,25H,2-3,12-16H2,1H3. The highest BCUT2D eigenvalue weighted by molar-refractivity contribution is 5.31. The number of benzene rings is 2. The van der Waals surface area contributed by atoms with Gasteiger partial charge in [-0.3, -0.25) is 4.90 Å². The molecule has 2 aromatic carbocycles. The molecule has 152 valence electrons. The number of methoxy groups -OCH3 is 1. The molecule has 2 aromatic rings. The van der Waals surface area contributed by atoms with Crippen LogP contribution in [0.3, 0.4) is 0 Å². The molecule has 28 heavy (non-hydrogen) atoms. The molecule has 0 radical (unpaired) electrons. The molecule has 0 aromatic heterocycles. The lowest BCUT2D eigenvalue weighted by Crippen LogP contribution is -2.39. The predicted octanol–water partition coefficient (Wildman–Crippen LogP) is 3.26. The maximum atomic E-state index is 13.2. The number of rotatable bonds is 10. The third kappa shape index (κ3) is 6.48. The molecule has 1 saturated heterocycles. The Morgan fingerprint density at radius 3 is 2.50 bits per heavy atom. The molecule has 1 aliphatic rings. The summed E-state index contributed by atoms with van der Waals surface area (Å²) < 4.78 is 29.7. The van der Waals surface area contributed by atoms with Crippen molar-refractivity contribution in [2.24, 2.45) is 0 Å². The van der Waals surface area contributed by atoms with Gasteiger partial charge in [-0.05, 0) is 54.8 Å². The molecular formula is C22H28FNO4. The number of ether oxygens (including phenoxy) is 3. The molecule has 1 aliphatic heterocycles. The molecule has 5 nitrogen and oxygen atoms in total. The number of halogens is 1. The van der Waals surface area contributed by atoms with Crippen LogP contribution in [0.1, 0.15) is 18.4 Å². The Hall–Kier alpha value is -2.15. The zero-order valence-corrected chi connectivity index (χ0v) is 16.2. The highest BCUT2D eigenvalue weighted by Gasteiger charge is 2.21. The van der Waals surface area contributed by atoms with Crippen molar-refractivity contribution in [3.8, 4) is 11.5 Å². The predicted molar refractivity (Wildman–Crippen MR) is 105 cm³/mol. The summed E-state index contributed by atoms with van der Waals surface area (Å²) in [7, 11) is 1.61. The second kappa shape index (κ2) is 10.4. The molecule has 2 atom stereocenters. The van der Waals surface area contributed by atoms with Crippen LogP contribution in [0.5, 0.6) is 11.5 Å². The van der Waals surface area contributed by atoms with Crippen molar-refractivity contribution in [3.05, 3.63) is 59.9 Å². The molecule has 1 N–H and O–H groups in total. The van der Waals surface area contributed by atoms with Crippen molar-refractivity contribution in [2.45, 2.75) is 31.6 Å². The summed E-state index contributed by atoms with van der Waals surface area (Å²) in [6.45, 7) is 2.79. The van der Waals surface area contributed by atoms with E-state index in [-0.39, 0.29) is 18.5 Å². The summed E-state index contributed by atoms with van der Waals surface area (Å²) in [6.07, 6.45) is 1.62. The minimum Gasteiger partial charge on any atom is -0.497 e. The van der Waals surface area contributed by atoms with Gasteiger partial charge in [0.15, 0.2) is 0 Å². The minimum atomic E-state index is -0.649. The summed E-state index contributed by atoms with van der Waals surface area (Å²) >= 11 is 0. The zero-order chi connectivity index (χ0) is 19.8. The van der Waals surface area contributed by atoms with E-state index in [9.17, 15) is 9.50 Å². The lowest BCUT2D eigenvalue weighted by molar-refractivity contribution is 0.0313. The number of hydrogen-bond acceptors (Lipinski definition) is 5. The fraction of sp³-hybridized carbons (Fsp3) is 0.455. The van der Waals surface area contributed by atoms with Crippen LogP contribution < -0.4 is 9.47 Å². The zero-order valence-electron chi connectivity index (χ0n) is 16.2. The maximum Gasteiger partial charge on any atom is 0.123 e. The van der Waals surface area contributed by atoms with Crippen LogP contribution in [-0.4, -0.2) is 55.6 Å². The third-order valence-corrected chi connectivity index (χ3v) is 4.78. The van der Waals surface area contributed by atoms with Crippen molar-refractivity contribution < 1.29 is 23.7 Å². The van der Waals surface area contributed by atoms with Gasteiger partial charge in [-0.2, -0.15) is 0 Å². The van der Waals surface area contributed by atoms with E-state index in [1.807, 2.05) is 24.3 Å². The van der Waals surface area contributed by atoms with Crippen molar-refractivity contribution in [2.75, 3.05) is 33.4 Å². The number of aliphatic hydroxyl groups excluding tert-OH is 1. The van der Waals surface area contributed by atoms with Gasteiger partial charge in [0.1, 0.15) is 30.0 Å². The van der Waals surface area contributed by atoms with Crippen LogP contribution in [0.4, 0.5) is 4.39 Å². The van der Waals surface area contributed by atoms with E-state index < -0.39 is 6.10 Å². The Kier molecular flexibility index (Phi) is 7.65. The molecule has 0 bridgehead atoms. The van der Waals surface area contributed by atoms with Gasteiger partial charge >= 0.3 is 0 Å². The molecule has 2 unspecified atom stereocenters. The Labute approximate surface area is 165 Å². The Bertz CT molecular complexity index is 701. The van der Waals surface area contributed by atoms with Crippen molar-refractivity contribution in [1.82, 2.24) is 4.90 Å². The van der Waals surface area contributed by atoms with E-state index in [2.05, 4.69) is 4.90 Å². The van der Waals surface area contributed by atoms with Crippen LogP contribution in [0.2, 0.25) is 0 Å². The maximum absolute atomic E-state index is 13.2. The molecule has 6 heteroatoms. The molecule has 3 rings (SSSR count). The number of hydrogen-bond donors (Lipinski definition) is 1. The normalized spacial score (nSPS) is 17.6. The van der Waals surface area contributed by atoms with Crippen LogP contribution in [0.15, 0.2) is 48.5 Å². The van der Waals surface area contributed by atoms with Crippen LogP contribution in [-0.2, 0) is 11.3 Å². The Balaban J connectivity index is 1.54. The molecular weight excluding hydrogens is 361 g/mol. The van der Waals surface area contributed by atoms with E-state index in [4.69, 9.17) is 14.2 Å². The monoisotopic (exact) mass is 389 g/mol. The van der Waals surface area contributed by atoms with E-state index in [0.29, 0.717) is 18.8 Å². The van der Waals surface area contributed by atoms with Gasteiger partial charge in [-0.25, -0.2) is 4.39 Å². The van der Waals surface area contributed by atoms with E-state index in [0.717, 1.165) is 37.3 Å². The van der Waals surface area contributed by atoms with E-state index in [1.165, 1.54) is 12.1 Å². The Morgan fingerprint density at radius 1 is 1.14 bits per heavy atom. The summed E-state index contributed by atoms with van der Waals surface area (Å²) in [4.78, 5) is 2.14. The fourth-order valence-electron chi connectivity index (χ4n) is 3.34. The first-order valence-electron chi connectivity index (χ1n) is 9.65. The van der Waals surface area contributed by atoms with Crippen LogP contribution in [0.25, 0.3) is 0 Å². The molecule has 0 amide bonds. The minimum absolute atomic E-state index is 0.176. The van der Waals surface area contributed by atoms with Gasteiger partial charge in [0.25, 0.3) is 0 Å². The van der Waals surface area contributed by atoms with Gasteiger partial charge in [0, 0.05) is 26.2 Å². The van der Waals surface area contributed by atoms with Gasteiger partial charge in [0.05, 0.1) is 13.2 Å². The van der Waals surface area contributed by atoms with Crippen LogP contribution >= 0.6 is 0 Å². The van der Waals surface area contributed by atoms with Gasteiger partial charge in [-0.1, -0.05) is 12.1 Å². The second-order valence-electron chi connectivity index (χ2n) is 7.10. The molecule has 0 aliphatic carbocycles. The molecule has 1 fully saturated rings. The fourth-order valence-corrected chi connectivity index (χ4v) is 3.34. The average molecular weight is 389 g/mol. The van der Waals surface area contributed by atoms with E-state index in [1.54, 1.807) is 19.2 Å². The van der Waals surface area contributed by atoms with Crippen LogP contribution in [0, 0.1) is 5.82 Å². The van der Waals surface area contributed by atoms with Gasteiger partial charge in [-0.15, -0.1) is 0 Å². The van der Waals surface area contributed by atoms with Crippen molar-refractivity contribution in [3.63, 3.8) is 0 Å². The van der Waals surface area contributed by atoms with Gasteiger partial charge < -0.3 is 19.3 Å². The first-order valence-corrected chi connectivity index (χ1v) is 9.65. The topological polar surface area (TPSA) is 51.2 Å². The summed E-state index contributed by atoms with van der Waals surface area (Å²) in [6, 6.07) is 13.7. The molecule has 0 saturated carbocycles.